The van der Waals surface area contributed by atoms with E-state index in [0.29, 0.717) is 0 Å². The molecule has 0 amide bonds. The first kappa shape index (κ1) is 36.1. The molecule has 0 aliphatic heterocycles. The van der Waals surface area contributed by atoms with E-state index in [4.69, 9.17) is 13.3 Å². The first-order chi connectivity index (χ1) is 31.7. The number of anilines is 3. The van der Waals surface area contributed by atoms with Crippen LogP contribution >= 0.6 is 0 Å². The SMILES string of the molecule is c1ccc(-c2ccc(N(c3ccc(-c4ccccc4)cc3)c3ccc(-c4ccc(-c5ccc6c(c5)oc5ccccc56)c5oc6ccccc6c45)c4oc5ccccc5c34)cc2)cc1. The number of nitrogens with zero attached hydrogens (tertiary/aromatic N) is 1. The highest BCUT2D eigenvalue weighted by Gasteiger charge is 2.25. The van der Waals surface area contributed by atoms with Crippen molar-refractivity contribution < 1.29 is 13.3 Å². The van der Waals surface area contributed by atoms with Crippen molar-refractivity contribution in [3.8, 4) is 44.5 Å². The minimum Gasteiger partial charge on any atom is -0.456 e. The first-order valence-corrected chi connectivity index (χ1v) is 21.7. The molecule has 0 aliphatic carbocycles. The lowest BCUT2D eigenvalue weighted by Gasteiger charge is -2.27. The largest absolute Gasteiger partial charge is 0.456 e. The summed E-state index contributed by atoms with van der Waals surface area (Å²) in [5.41, 5.74) is 16.9. The Bertz CT molecular complexity index is 3790. The summed E-state index contributed by atoms with van der Waals surface area (Å²) in [6.45, 7) is 0. The van der Waals surface area contributed by atoms with Crippen molar-refractivity contribution in [1.29, 1.82) is 0 Å². The van der Waals surface area contributed by atoms with Crippen LogP contribution in [0, 0.1) is 0 Å². The van der Waals surface area contributed by atoms with Crippen molar-refractivity contribution in [2.45, 2.75) is 0 Å². The van der Waals surface area contributed by atoms with E-state index in [0.717, 1.165) is 116 Å². The third-order valence-corrected chi connectivity index (χ3v) is 12.7. The van der Waals surface area contributed by atoms with Crippen LogP contribution in [0.1, 0.15) is 0 Å². The van der Waals surface area contributed by atoms with Gasteiger partial charge in [-0.25, -0.2) is 0 Å². The van der Waals surface area contributed by atoms with Gasteiger partial charge in [-0.1, -0.05) is 152 Å². The predicted octanol–water partition coefficient (Wildman–Crippen LogP) is 17.5. The lowest BCUT2D eigenvalue weighted by molar-refractivity contribution is 0.668. The van der Waals surface area contributed by atoms with Crippen LogP contribution in [-0.4, -0.2) is 0 Å². The monoisotopic (exact) mass is 819 g/mol. The van der Waals surface area contributed by atoms with E-state index >= 15 is 0 Å². The van der Waals surface area contributed by atoms with E-state index < -0.39 is 0 Å². The molecule has 0 saturated heterocycles. The van der Waals surface area contributed by atoms with E-state index in [-0.39, 0.29) is 0 Å². The average Bonchev–Trinajstić information content (AvgIpc) is 4.07. The van der Waals surface area contributed by atoms with Gasteiger partial charge in [0.1, 0.15) is 33.5 Å². The molecular formula is C60H37NO3. The van der Waals surface area contributed by atoms with Crippen LogP contribution in [0.4, 0.5) is 17.1 Å². The van der Waals surface area contributed by atoms with Crippen LogP contribution in [0.5, 0.6) is 0 Å². The molecule has 64 heavy (non-hydrogen) atoms. The van der Waals surface area contributed by atoms with Crippen molar-refractivity contribution in [3.05, 3.63) is 224 Å². The lowest BCUT2D eigenvalue weighted by atomic mass is 9.93. The maximum Gasteiger partial charge on any atom is 0.145 e. The Morgan fingerprint density at radius 2 is 0.703 bits per heavy atom. The smallest absolute Gasteiger partial charge is 0.145 e. The molecule has 13 aromatic rings. The Morgan fingerprint density at radius 1 is 0.266 bits per heavy atom. The number of benzene rings is 10. The highest BCUT2D eigenvalue weighted by atomic mass is 16.3. The van der Waals surface area contributed by atoms with Crippen molar-refractivity contribution in [2.24, 2.45) is 0 Å². The molecule has 3 heterocycles. The minimum absolute atomic E-state index is 0.813. The summed E-state index contributed by atoms with van der Waals surface area (Å²) in [5.74, 6) is 0. The minimum atomic E-state index is 0.813. The van der Waals surface area contributed by atoms with E-state index in [1.807, 2.05) is 24.3 Å². The quantitative estimate of drug-likeness (QED) is 0.161. The van der Waals surface area contributed by atoms with Gasteiger partial charge in [-0.3, -0.25) is 0 Å². The first-order valence-electron chi connectivity index (χ1n) is 21.7. The number of rotatable bonds is 7. The maximum absolute atomic E-state index is 7.01. The Labute approximate surface area is 368 Å². The summed E-state index contributed by atoms with van der Waals surface area (Å²) in [7, 11) is 0. The number of hydrogen-bond acceptors (Lipinski definition) is 4. The molecule has 0 bridgehead atoms. The lowest BCUT2D eigenvalue weighted by Crippen LogP contribution is -2.10. The summed E-state index contributed by atoms with van der Waals surface area (Å²) in [6.07, 6.45) is 0. The average molecular weight is 820 g/mol. The molecule has 0 N–H and O–H groups in total. The van der Waals surface area contributed by atoms with Crippen LogP contribution in [0.25, 0.3) is 110 Å². The number of hydrogen-bond donors (Lipinski definition) is 0. The fourth-order valence-electron chi connectivity index (χ4n) is 9.68. The van der Waals surface area contributed by atoms with E-state index in [9.17, 15) is 0 Å². The van der Waals surface area contributed by atoms with Crippen molar-refractivity contribution >= 4 is 82.9 Å². The standard InChI is InChI=1S/C60H37NO3/c1-3-13-38(14-4-1)40-23-28-43(29-24-40)61(44-30-25-41(26-31-44)39-15-5-2-6-16-39)52-36-35-49(60-58(52)51-19-9-12-22-55(51)64-60)48-34-33-45(59-57(48)50-18-8-11-21-54(50)63-59)42-27-32-47-46-17-7-10-20-53(46)62-56(47)37-42/h1-37H. The normalized spacial score (nSPS) is 11.8. The van der Waals surface area contributed by atoms with Crippen LogP contribution < -0.4 is 4.90 Å². The highest BCUT2D eigenvalue weighted by molar-refractivity contribution is 6.22. The second-order valence-electron chi connectivity index (χ2n) is 16.4. The van der Waals surface area contributed by atoms with Gasteiger partial charge in [0.2, 0.25) is 0 Å². The molecule has 300 valence electrons. The van der Waals surface area contributed by atoms with Crippen LogP contribution in [0.15, 0.2) is 238 Å². The topological polar surface area (TPSA) is 42.7 Å². The highest BCUT2D eigenvalue weighted by Crippen LogP contribution is 2.49. The Kier molecular flexibility index (Phi) is 8.18. The fraction of sp³-hybridized carbons (Fsp3) is 0. The van der Waals surface area contributed by atoms with Crippen LogP contribution in [-0.2, 0) is 0 Å². The molecule has 4 heteroatoms. The van der Waals surface area contributed by atoms with Crippen molar-refractivity contribution in [3.63, 3.8) is 0 Å². The molecule has 0 aliphatic rings. The van der Waals surface area contributed by atoms with Gasteiger partial charge in [0.15, 0.2) is 0 Å². The molecule has 4 nitrogen and oxygen atoms in total. The van der Waals surface area contributed by atoms with Gasteiger partial charge in [-0.2, -0.15) is 0 Å². The Morgan fingerprint density at radius 3 is 1.31 bits per heavy atom. The molecule has 3 aromatic heterocycles. The summed E-state index contributed by atoms with van der Waals surface area (Å²) in [5, 5.41) is 6.37. The van der Waals surface area contributed by atoms with Gasteiger partial charge in [0.05, 0.1) is 11.1 Å². The second kappa shape index (κ2) is 14.5. The Balaban J connectivity index is 1.02. The van der Waals surface area contributed by atoms with Gasteiger partial charge >= 0.3 is 0 Å². The maximum atomic E-state index is 7.01. The van der Waals surface area contributed by atoms with Gasteiger partial charge in [-0.15, -0.1) is 0 Å². The zero-order valence-corrected chi connectivity index (χ0v) is 34.5. The number of fused-ring (bicyclic) bond motifs is 9. The summed E-state index contributed by atoms with van der Waals surface area (Å²) in [4.78, 5) is 2.36. The van der Waals surface area contributed by atoms with E-state index in [1.165, 1.54) is 11.1 Å². The number of furan rings is 3. The fourth-order valence-corrected chi connectivity index (χ4v) is 9.68. The summed E-state index contributed by atoms with van der Waals surface area (Å²) >= 11 is 0. The van der Waals surface area contributed by atoms with Crippen molar-refractivity contribution in [1.82, 2.24) is 0 Å². The van der Waals surface area contributed by atoms with Gasteiger partial charge in [0, 0.05) is 49.4 Å². The zero-order chi connectivity index (χ0) is 42.1. The van der Waals surface area contributed by atoms with E-state index in [1.54, 1.807) is 0 Å². The molecule has 0 radical (unpaired) electrons. The summed E-state index contributed by atoms with van der Waals surface area (Å²) in [6, 6.07) is 79.0. The number of para-hydroxylation sites is 3. The summed E-state index contributed by atoms with van der Waals surface area (Å²) < 4.78 is 20.2. The molecule has 0 fully saturated rings. The Hall–Kier alpha value is -8.60. The molecule has 0 spiro atoms. The molecule has 0 atom stereocenters. The second-order valence-corrected chi connectivity index (χ2v) is 16.4. The zero-order valence-electron chi connectivity index (χ0n) is 34.5. The van der Waals surface area contributed by atoms with Crippen LogP contribution in [0.2, 0.25) is 0 Å². The van der Waals surface area contributed by atoms with Crippen molar-refractivity contribution in [2.75, 3.05) is 4.90 Å². The van der Waals surface area contributed by atoms with Crippen LogP contribution in [0.3, 0.4) is 0 Å². The van der Waals surface area contributed by atoms with Gasteiger partial charge < -0.3 is 18.2 Å². The molecule has 0 saturated carbocycles. The van der Waals surface area contributed by atoms with Gasteiger partial charge in [-0.05, 0) is 106 Å². The molecule has 10 aromatic carbocycles. The van der Waals surface area contributed by atoms with E-state index in [2.05, 4.69) is 205 Å². The molecular weight excluding hydrogens is 783 g/mol. The van der Waals surface area contributed by atoms with Gasteiger partial charge in [0.25, 0.3) is 0 Å². The third-order valence-electron chi connectivity index (χ3n) is 12.7. The predicted molar refractivity (Wildman–Crippen MR) is 265 cm³/mol. The molecule has 0 unspecified atom stereocenters. The molecule has 13 rings (SSSR count). The third kappa shape index (κ3) is 5.77.